The van der Waals surface area contributed by atoms with Gasteiger partial charge in [0.2, 0.25) is 0 Å². The number of fused-ring (bicyclic) bond motifs is 2. The first-order valence-electron chi connectivity index (χ1n) is 5.96. The number of nitro groups is 2. The number of non-ortho nitro benzene ring substituents is 1. The summed E-state index contributed by atoms with van der Waals surface area (Å²) in [5.74, 6) is 0. The molecule has 0 radical (unpaired) electrons. The van der Waals surface area contributed by atoms with Crippen molar-refractivity contribution in [2.45, 2.75) is 9.79 Å². The summed E-state index contributed by atoms with van der Waals surface area (Å²) >= 11 is 1.30. The number of anilines is 2. The number of rotatable bonds is 2. The predicted molar refractivity (Wildman–Crippen MR) is 78.4 cm³/mol. The Morgan fingerprint density at radius 2 is 1.76 bits per heavy atom. The number of benzene rings is 2. The van der Waals surface area contributed by atoms with Gasteiger partial charge in [-0.1, -0.05) is 23.9 Å². The van der Waals surface area contributed by atoms with Crippen molar-refractivity contribution in [3.63, 3.8) is 0 Å². The highest BCUT2D eigenvalue weighted by Gasteiger charge is 2.31. The van der Waals surface area contributed by atoms with Gasteiger partial charge in [-0.05, 0) is 12.1 Å². The fraction of sp³-hybridized carbons (Fsp3) is 0.0769. The van der Waals surface area contributed by atoms with Crippen molar-refractivity contribution in [2.75, 3.05) is 11.9 Å². The fourth-order valence-electron chi connectivity index (χ4n) is 2.30. The number of nitrogens with zero attached hydrogens (tertiary/aromatic N) is 3. The second kappa shape index (κ2) is 4.74. The average molecular weight is 303 g/mol. The van der Waals surface area contributed by atoms with E-state index in [1.54, 1.807) is 11.9 Å². The van der Waals surface area contributed by atoms with E-state index in [0.29, 0.717) is 10.6 Å². The zero-order chi connectivity index (χ0) is 15.1. The Balaban J connectivity index is 2.26. The highest BCUT2D eigenvalue weighted by Crippen LogP contribution is 2.52. The maximum Gasteiger partial charge on any atom is 0.300 e. The lowest BCUT2D eigenvalue weighted by Gasteiger charge is -2.28. The molecule has 0 unspecified atom stereocenters. The lowest BCUT2D eigenvalue weighted by molar-refractivity contribution is -0.394. The number of para-hydroxylation sites is 1. The van der Waals surface area contributed by atoms with Crippen LogP contribution in [-0.2, 0) is 0 Å². The van der Waals surface area contributed by atoms with Crippen LogP contribution in [0, 0.1) is 20.2 Å². The second-order valence-electron chi connectivity index (χ2n) is 4.45. The van der Waals surface area contributed by atoms with Gasteiger partial charge in [0.25, 0.3) is 5.69 Å². The first kappa shape index (κ1) is 13.4. The molecule has 7 nitrogen and oxygen atoms in total. The van der Waals surface area contributed by atoms with E-state index in [9.17, 15) is 20.2 Å². The molecule has 0 N–H and O–H groups in total. The lowest BCUT2D eigenvalue weighted by Crippen LogP contribution is -2.16. The molecule has 0 saturated heterocycles. The molecule has 1 heterocycles. The van der Waals surface area contributed by atoms with Crippen LogP contribution in [0.15, 0.2) is 46.2 Å². The smallest absolute Gasteiger partial charge is 0.300 e. The third-order valence-corrected chi connectivity index (χ3v) is 4.33. The minimum atomic E-state index is -0.617. The van der Waals surface area contributed by atoms with E-state index in [1.165, 1.54) is 17.8 Å². The minimum Gasteiger partial charge on any atom is -0.337 e. The van der Waals surface area contributed by atoms with Crippen LogP contribution in [0.4, 0.5) is 22.7 Å². The summed E-state index contributed by atoms with van der Waals surface area (Å²) in [7, 11) is 1.72. The largest absolute Gasteiger partial charge is 0.337 e. The molecule has 0 aromatic heterocycles. The molecule has 0 atom stereocenters. The molecule has 0 bridgehead atoms. The zero-order valence-electron chi connectivity index (χ0n) is 10.8. The van der Waals surface area contributed by atoms with E-state index in [2.05, 4.69) is 0 Å². The van der Waals surface area contributed by atoms with Crippen molar-refractivity contribution in [2.24, 2.45) is 0 Å². The van der Waals surface area contributed by atoms with Gasteiger partial charge in [0, 0.05) is 22.9 Å². The van der Waals surface area contributed by atoms with Crippen molar-refractivity contribution in [1.82, 2.24) is 0 Å². The van der Waals surface area contributed by atoms with Gasteiger partial charge in [0.15, 0.2) is 0 Å². The van der Waals surface area contributed by atoms with Crippen LogP contribution in [-0.4, -0.2) is 16.9 Å². The minimum absolute atomic E-state index is 0.260. The molecule has 0 aliphatic carbocycles. The van der Waals surface area contributed by atoms with Crippen LogP contribution in [0.1, 0.15) is 0 Å². The Bertz CT molecular complexity index is 778. The van der Waals surface area contributed by atoms with Crippen LogP contribution < -0.4 is 4.90 Å². The topological polar surface area (TPSA) is 89.5 Å². The van der Waals surface area contributed by atoms with E-state index in [1.807, 2.05) is 24.3 Å². The molecular weight excluding hydrogens is 294 g/mol. The number of hydrogen-bond donors (Lipinski definition) is 0. The molecule has 21 heavy (non-hydrogen) atoms. The van der Waals surface area contributed by atoms with Gasteiger partial charge in [-0.2, -0.15) is 0 Å². The van der Waals surface area contributed by atoms with Gasteiger partial charge < -0.3 is 4.90 Å². The van der Waals surface area contributed by atoms with Crippen LogP contribution >= 0.6 is 11.8 Å². The molecule has 2 aromatic carbocycles. The maximum absolute atomic E-state index is 11.3. The first-order chi connectivity index (χ1) is 9.99. The van der Waals surface area contributed by atoms with Gasteiger partial charge in [-0.15, -0.1) is 0 Å². The molecular formula is C13H9N3O4S. The van der Waals surface area contributed by atoms with Gasteiger partial charge in [-0.25, -0.2) is 0 Å². The summed E-state index contributed by atoms with van der Waals surface area (Å²) in [6.07, 6.45) is 0. The van der Waals surface area contributed by atoms with Gasteiger partial charge in [-0.3, -0.25) is 20.2 Å². The SMILES string of the molecule is CN1c2ccccc2Sc2cc([N+](=O)[O-])cc([N+](=O)[O-])c21. The van der Waals surface area contributed by atoms with Crippen LogP contribution in [0.5, 0.6) is 0 Å². The Kier molecular flexibility index (Phi) is 3.02. The Morgan fingerprint density at radius 3 is 2.43 bits per heavy atom. The summed E-state index contributed by atoms with van der Waals surface area (Å²) in [6, 6.07) is 9.82. The fourth-order valence-corrected chi connectivity index (χ4v) is 3.51. The summed E-state index contributed by atoms with van der Waals surface area (Å²) < 4.78 is 0. The molecule has 0 fully saturated rings. The van der Waals surface area contributed by atoms with Crippen molar-refractivity contribution < 1.29 is 9.85 Å². The molecule has 3 rings (SSSR count). The van der Waals surface area contributed by atoms with Crippen molar-refractivity contribution in [1.29, 1.82) is 0 Å². The lowest BCUT2D eigenvalue weighted by atomic mass is 10.2. The van der Waals surface area contributed by atoms with Crippen LogP contribution in [0.3, 0.4) is 0 Å². The summed E-state index contributed by atoms with van der Waals surface area (Å²) in [5.41, 5.74) is 0.686. The van der Waals surface area contributed by atoms with Crippen molar-refractivity contribution in [3.8, 4) is 0 Å². The van der Waals surface area contributed by atoms with Crippen molar-refractivity contribution in [3.05, 3.63) is 56.6 Å². The van der Waals surface area contributed by atoms with E-state index in [-0.39, 0.29) is 11.4 Å². The highest BCUT2D eigenvalue weighted by molar-refractivity contribution is 7.99. The molecule has 8 heteroatoms. The summed E-state index contributed by atoms with van der Waals surface area (Å²) in [6.45, 7) is 0. The molecule has 0 amide bonds. The van der Waals surface area contributed by atoms with E-state index in [4.69, 9.17) is 0 Å². The Labute approximate surface area is 123 Å². The molecule has 0 spiro atoms. The maximum atomic E-state index is 11.3. The molecule has 1 aliphatic heterocycles. The van der Waals surface area contributed by atoms with E-state index >= 15 is 0 Å². The number of hydrogen-bond acceptors (Lipinski definition) is 6. The van der Waals surface area contributed by atoms with Gasteiger partial charge in [0.1, 0.15) is 5.69 Å². The van der Waals surface area contributed by atoms with Crippen LogP contribution in [0.2, 0.25) is 0 Å². The zero-order valence-corrected chi connectivity index (χ0v) is 11.7. The number of nitro benzene ring substituents is 2. The molecule has 2 aromatic rings. The Morgan fingerprint density at radius 1 is 1.05 bits per heavy atom. The van der Waals surface area contributed by atoms with Crippen LogP contribution in [0.25, 0.3) is 0 Å². The molecule has 0 saturated carbocycles. The Hall–Kier alpha value is -2.61. The molecule has 1 aliphatic rings. The third kappa shape index (κ3) is 2.09. The van der Waals surface area contributed by atoms with E-state index < -0.39 is 9.85 Å². The van der Waals surface area contributed by atoms with Gasteiger partial charge >= 0.3 is 5.69 Å². The summed E-state index contributed by atoms with van der Waals surface area (Å²) in [4.78, 5) is 24.1. The third-order valence-electron chi connectivity index (χ3n) is 3.23. The van der Waals surface area contributed by atoms with Crippen molar-refractivity contribution >= 4 is 34.5 Å². The first-order valence-corrected chi connectivity index (χ1v) is 6.78. The quantitative estimate of drug-likeness (QED) is 0.620. The highest BCUT2D eigenvalue weighted by atomic mass is 32.2. The monoisotopic (exact) mass is 303 g/mol. The predicted octanol–water partition coefficient (Wildman–Crippen LogP) is 3.74. The molecule has 106 valence electrons. The standard InChI is InChI=1S/C13H9N3O4S/c1-14-9-4-2-3-5-11(9)21-12-7-8(15(17)18)6-10(13(12)14)16(19)20/h2-7H,1H3. The average Bonchev–Trinajstić information content (AvgIpc) is 2.46. The summed E-state index contributed by atoms with van der Waals surface area (Å²) in [5, 5.41) is 22.2. The second-order valence-corrected chi connectivity index (χ2v) is 5.54. The normalized spacial score (nSPS) is 12.5. The van der Waals surface area contributed by atoms with Gasteiger partial charge in [0.05, 0.1) is 21.6 Å². The van der Waals surface area contributed by atoms with E-state index in [0.717, 1.165) is 16.6 Å².